The Morgan fingerprint density at radius 1 is 1.56 bits per heavy atom. The van der Waals surface area contributed by atoms with Crippen LogP contribution in [0.2, 0.25) is 4.34 Å². The molecule has 1 aliphatic rings. The van der Waals surface area contributed by atoms with Gasteiger partial charge in [-0.1, -0.05) is 24.9 Å². The predicted octanol–water partition coefficient (Wildman–Crippen LogP) is 4.63. The minimum atomic E-state index is 0.424. The smallest absolute Gasteiger partial charge is 0.0931 e. The van der Waals surface area contributed by atoms with Crippen LogP contribution in [-0.2, 0) is 0 Å². The average Bonchev–Trinajstić information content (AvgIpc) is 2.64. The van der Waals surface area contributed by atoms with Crippen LogP contribution in [0.15, 0.2) is 11.4 Å². The lowest BCUT2D eigenvalue weighted by atomic mass is 9.67. The summed E-state index contributed by atoms with van der Waals surface area (Å²) in [5.41, 5.74) is 1.91. The monoisotopic (exact) mass is 257 g/mol. The molecule has 1 aromatic heterocycles. The molecule has 0 radical (unpaired) electrons. The molecule has 1 atom stereocenters. The van der Waals surface area contributed by atoms with E-state index in [4.69, 9.17) is 11.6 Å². The highest BCUT2D eigenvalue weighted by molar-refractivity contribution is 7.14. The number of rotatable bonds is 5. The van der Waals surface area contributed by atoms with Gasteiger partial charge >= 0.3 is 0 Å². The van der Waals surface area contributed by atoms with Gasteiger partial charge in [0, 0.05) is 12.6 Å². The van der Waals surface area contributed by atoms with Gasteiger partial charge in [-0.25, -0.2) is 0 Å². The second kappa shape index (κ2) is 5.07. The van der Waals surface area contributed by atoms with Crippen molar-refractivity contribution in [2.45, 2.75) is 45.6 Å². The van der Waals surface area contributed by atoms with Gasteiger partial charge in [-0.15, -0.1) is 11.3 Å². The molecular weight excluding hydrogens is 238 g/mol. The predicted molar refractivity (Wildman–Crippen MR) is 72.3 cm³/mol. The van der Waals surface area contributed by atoms with Crippen LogP contribution in [0.5, 0.6) is 0 Å². The first kappa shape index (κ1) is 12.4. The van der Waals surface area contributed by atoms with Gasteiger partial charge in [0.15, 0.2) is 0 Å². The number of halogens is 1. The third-order valence-electron chi connectivity index (χ3n) is 4.04. The van der Waals surface area contributed by atoms with E-state index in [-0.39, 0.29) is 0 Å². The standard InChI is InChI=1S/C13H20ClNS/c1-3-13(5-4-6-13)9-15-10(2)11-7-12(14)16-8-11/h7-8,10,15H,3-6,9H2,1-2H3. The molecule has 1 aliphatic carbocycles. The summed E-state index contributed by atoms with van der Waals surface area (Å²) in [5.74, 6) is 0. The molecule has 0 amide bonds. The van der Waals surface area contributed by atoms with Gasteiger partial charge < -0.3 is 5.32 Å². The fourth-order valence-electron chi connectivity index (χ4n) is 2.37. The van der Waals surface area contributed by atoms with Crippen LogP contribution in [0.1, 0.15) is 51.1 Å². The molecule has 0 spiro atoms. The highest BCUT2D eigenvalue weighted by atomic mass is 35.5. The van der Waals surface area contributed by atoms with E-state index in [0.717, 1.165) is 10.9 Å². The fraction of sp³-hybridized carbons (Fsp3) is 0.692. The third kappa shape index (κ3) is 2.61. The first-order chi connectivity index (χ1) is 7.65. The molecule has 1 heterocycles. The summed E-state index contributed by atoms with van der Waals surface area (Å²) in [7, 11) is 0. The van der Waals surface area contributed by atoms with Crippen molar-refractivity contribution in [2.24, 2.45) is 5.41 Å². The van der Waals surface area contributed by atoms with Crippen LogP contribution in [0.4, 0.5) is 0 Å². The van der Waals surface area contributed by atoms with Crippen molar-refractivity contribution in [3.05, 3.63) is 21.3 Å². The molecule has 16 heavy (non-hydrogen) atoms. The van der Waals surface area contributed by atoms with E-state index >= 15 is 0 Å². The maximum Gasteiger partial charge on any atom is 0.0931 e. The Morgan fingerprint density at radius 2 is 2.31 bits per heavy atom. The summed E-state index contributed by atoms with van der Waals surface area (Å²) in [5, 5.41) is 5.81. The molecule has 90 valence electrons. The number of hydrogen-bond donors (Lipinski definition) is 1. The quantitative estimate of drug-likeness (QED) is 0.811. The molecule has 1 unspecified atom stereocenters. The van der Waals surface area contributed by atoms with Crippen LogP contribution in [0, 0.1) is 5.41 Å². The SMILES string of the molecule is CCC1(CNC(C)c2csc(Cl)c2)CCC1. The van der Waals surface area contributed by atoms with Gasteiger partial charge in [-0.3, -0.25) is 0 Å². The van der Waals surface area contributed by atoms with E-state index in [2.05, 4.69) is 30.6 Å². The van der Waals surface area contributed by atoms with Crippen molar-refractivity contribution < 1.29 is 0 Å². The van der Waals surface area contributed by atoms with E-state index in [1.807, 2.05) is 0 Å². The Bertz CT molecular complexity index is 338. The fourth-order valence-corrected chi connectivity index (χ4v) is 3.35. The molecule has 1 N–H and O–H groups in total. The largest absolute Gasteiger partial charge is 0.310 e. The lowest BCUT2D eigenvalue weighted by molar-refractivity contribution is 0.120. The van der Waals surface area contributed by atoms with Crippen LogP contribution in [0.3, 0.4) is 0 Å². The summed E-state index contributed by atoms with van der Waals surface area (Å²) in [4.78, 5) is 0. The highest BCUT2D eigenvalue weighted by Gasteiger charge is 2.34. The van der Waals surface area contributed by atoms with Gasteiger partial charge in [0.2, 0.25) is 0 Å². The Hall–Kier alpha value is -0.0500. The number of nitrogens with one attached hydrogen (secondary N) is 1. The lowest BCUT2D eigenvalue weighted by Gasteiger charge is -2.42. The molecule has 1 fully saturated rings. The third-order valence-corrected chi connectivity index (χ3v) is 5.14. The summed E-state index contributed by atoms with van der Waals surface area (Å²) >= 11 is 7.57. The molecule has 0 aromatic carbocycles. The second-order valence-corrected chi connectivity index (χ2v) is 6.54. The number of thiophene rings is 1. The lowest BCUT2D eigenvalue weighted by Crippen LogP contribution is -2.40. The first-order valence-electron chi connectivity index (χ1n) is 6.12. The van der Waals surface area contributed by atoms with Crippen LogP contribution in [-0.4, -0.2) is 6.54 Å². The Morgan fingerprint density at radius 3 is 2.75 bits per heavy atom. The van der Waals surface area contributed by atoms with Crippen molar-refractivity contribution in [1.29, 1.82) is 0 Å². The zero-order chi connectivity index (χ0) is 11.6. The zero-order valence-electron chi connectivity index (χ0n) is 10.1. The second-order valence-electron chi connectivity index (χ2n) is 4.99. The van der Waals surface area contributed by atoms with Crippen LogP contribution in [0.25, 0.3) is 0 Å². The van der Waals surface area contributed by atoms with E-state index in [1.54, 1.807) is 11.3 Å². The van der Waals surface area contributed by atoms with Gasteiger partial charge in [-0.05, 0) is 48.6 Å². The van der Waals surface area contributed by atoms with Crippen molar-refractivity contribution in [1.82, 2.24) is 5.32 Å². The van der Waals surface area contributed by atoms with Gasteiger partial charge in [0.25, 0.3) is 0 Å². The molecule has 0 saturated heterocycles. The van der Waals surface area contributed by atoms with E-state index in [1.165, 1.54) is 31.2 Å². The van der Waals surface area contributed by atoms with E-state index < -0.39 is 0 Å². The van der Waals surface area contributed by atoms with Gasteiger partial charge in [0.1, 0.15) is 0 Å². The molecule has 1 nitrogen and oxygen atoms in total. The molecular formula is C13H20ClNS. The molecule has 1 aromatic rings. The van der Waals surface area contributed by atoms with Gasteiger partial charge in [0.05, 0.1) is 4.34 Å². The molecule has 0 bridgehead atoms. The summed E-state index contributed by atoms with van der Waals surface area (Å²) < 4.78 is 0.887. The molecule has 3 heteroatoms. The first-order valence-corrected chi connectivity index (χ1v) is 7.38. The zero-order valence-corrected chi connectivity index (χ0v) is 11.6. The average molecular weight is 258 g/mol. The minimum absolute atomic E-state index is 0.424. The number of hydrogen-bond acceptors (Lipinski definition) is 2. The maximum absolute atomic E-state index is 5.95. The van der Waals surface area contributed by atoms with E-state index in [9.17, 15) is 0 Å². The summed E-state index contributed by atoms with van der Waals surface area (Å²) in [6, 6.07) is 2.50. The van der Waals surface area contributed by atoms with E-state index in [0.29, 0.717) is 11.5 Å². The summed E-state index contributed by atoms with van der Waals surface area (Å²) in [6.07, 6.45) is 5.51. The molecule has 2 rings (SSSR count). The van der Waals surface area contributed by atoms with Crippen molar-refractivity contribution in [3.8, 4) is 0 Å². The Balaban J connectivity index is 1.86. The van der Waals surface area contributed by atoms with Gasteiger partial charge in [-0.2, -0.15) is 0 Å². The Kier molecular flexibility index (Phi) is 3.93. The Labute approximate surface area is 107 Å². The summed E-state index contributed by atoms with van der Waals surface area (Å²) in [6.45, 7) is 5.69. The van der Waals surface area contributed by atoms with Crippen LogP contribution < -0.4 is 5.32 Å². The maximum atomic E-state index is 5.95. The van der Waals surface area contributed by atoms with Crippen LogP contribution >= 0.6 is 22.9 Å². The normalized spacial score (nSPS) is 20.4. The topological polar surface area (TPSA) is 12.0 Å². The van der Waals surface area contributed by atoms with Crippen molar-refractivity contribution in [2.75, 3.05) is 6.54 Å². The minimum Gasteiger partial charge on any atom is -0.310 e. The highest BCUT2D eigenvalue weighted by Crippen LogP contribution is 2.43. The molecule has 0 aliphatic heterocycles. The molecule has 1 saturated carbocycles. The van der Waals surface area contributed by atoms with Crippen molar-refractivity contribution >= 4 is 22.9 Å². The van der Waals surface area contributed by atoms with Crippen molar-refractivity contribution in [3.63, 3.8) is 0 Å².